The lowest BCUT2D eigenvalue weighted by Gasteiger charge is -2.07. The Morgan fingerprint density at radius 3 is 2.32 bits per heavy atom. The van der Waals surface area contributed by atoms with Gasteiger partial charge in [0, 0.05) is 6.07 Å². The third-order valence-electron chi connectivity index (χ3n) is 2.62. The average Bonchev–Trinajstić information content (AvgIpc) is 2.47. The molecule has 0 saturated carbocycles. The van der Waals surface area contributed by atoms with E-state index in [1.165, 1.54) is 18.2 Å². The Morgan fingerprint density at radius 1 is 1.14 bits per heavy atom. The Labute approximate surface area is 124 Å². The zero-order chi connectivity index (χ0) is 16.3. The number of nitro benzene ring substituents is 1. The summed E-state index contributed by atoms with van der Waals surface area (Å²) in [6.07, 6.45) is 0. The van der Waals surface area contributed by atoms with Gasteiger partial charge in [-0.2, -0.15) is 8.42 Å². The van der Waals surface area contributed by atoms with Crippen LogP contribution in [0.25, 0.3) is 0 Å². The van der Waals surface area contributed by atoms with E-state index in [9.17, 15) is 23.3 Å². The second-order valence-electron chi connectivity index (χ2n) is 4.12. The number of carboxylic acid groups (broad SMARTS) is 1. The quantitative estimate of drug-likeness (QED) is 0.507. The molecule has 0 amide bonds. The molecule has 0 spiro atoms. The molecule has 0 aromatic heterocycles. The lowest BCUT2D eigenvalue weighted by atomic mass is 10.2. The van der Waals surface area contributed by atoms with E-state index in [1.54, 1.807) is 0 Å². The van der Waals surface area contributed by atoms with Crippen molar-refractivity contribution in [3.63, 3.8) is 0 Å². The van der Waals surface area contributed by atoms with Crippen molar-refractivity contribution >= 4 is 21.8 Å². The molecule has 0 bridgehead atoms. The molecule has 22 heavy (non-hydrogen) atoms. The Balaban J connectivity index is 2.29. The summed E-state index contributed by atoms with van der Waals surface area (Å²) < 4.78 is 28.8. The maximum absolute atomic E-state index is 12.0. The number of carbonyl (C=O) groups is 1. The van der Waals surface area contributed by atoms with Gasteiger partial charge in [-0.25, -0.2) is 4.79 Å². The number of rotatable bonds is 5. The van der Waals surface area contributed by atoms with Crippen LogP contribution in [0.15, 0.2) is 53.4 Å². The van der Waals surface area contributed by atoms with Crippen molar-refractivity contribution in [2.75, 3.05) is 0 Å². The van der Waals surface area contributed by atoms with Crippen LogP contribution in [0.1, 0.15) is 10.4 Å². The van der Waals surface area contributed by atoms with Crippen molar-refractivity contribution in [2.45, 2.75) is 4.90 Å². The predicted molar refractivity (Wildman–Crippen MR) is 74.3 cm³/mol. The second-order valence-corrected chi connectivity index (χ2v) is 5.67. The van der Waals surface area contributed by atoms with Gasteiger partial charge in [-0.1, -0.05) is 6.07 Å². The van der Waals surface area contributed by atoms with Gasteiger partial charge in [-0.15, -0.1) is 0 Å². The second kappa shape index (κ2) is 5.82. The van der Waals surface area contributed by atoms with Crippen LogP contribution >= 0.6 is 0 Å². The van der Waals surface area contributed by atoms with Crippen molar-refractivity contribution in [1.82, 2.24) is 0 Å². The third-order valence-corrected chi connectivity index (χ3v) is 3.89. The fourth-order valence-electron chi connectivity index (χ4n) is 1.59. The molecular formula is C13H9NO7S. The first-order chi connectivity index (χ1) is 10.3. The molecule has 0 fully saturated rings. The van der Waals surface area contributed by atoms with Gasteiger partial charge in [0.25, 0.3) is 5.69 Å². The fraction of sp³-hybridized carbons (Fsp3) is 0. The highest BCUT2D eigenvalue weighted by atomic mass is 32.2. The summed E-state index contributed by atoms with van der Waals surface area (Å²) in [5.41, 5.74) is -0.386. The standard InChI is InChI=1S/C13H9NO7S/c15-13(16)9-4-6-12(7-5-9)22(19,20)21-11-3-1-2-10(8-11)14(17)18/h1-8H,(H,15,16). The van der Waals surface area contributed by atoms with Gasteiger partial charge in [0.05, 0.1) is 16.6 Å². The molecule has 2 aromatic rings. The van der Waals surface area contributed by atoms with Crippen LogP contribution in [0.4, 0.5) is 5.69 Å². The van der Waals surface area contributed by atoms with Crippen molar-refractivity contribution in [2.24, 2.45) is 0 Å². The smallest absolute Gasteiger partial charge is 0.339 e. The van der Waals surface area contributed by atoms with Crippen LogP contribution in [0.3, 0.4) is 0 Å². The lowest BCUT2D eigenvalue weighted by Crippen LogP contribution is -2.10. The molecule has 1 N–H and O–H groups in total. The van der Waals surface area contributed by atoms with Gasteiger partial charge >= 0.3 is 16.1 Å². The SMILES string of the molecule is O=C(O)c1ccc(S(=O)(=O)Oc2cccc([N+](=O)[O-])c2)cc1. The van der Waals surface area contributed by atoms with Crippen LogP contribution in [0.5, 0.6) is 5.75 Å². The summed E-state index contributed by atoms with van der Waals surface area (Å²) in [6, 6.07) is 9.11. The first kappa shape index (κ1) is 15.4. The normalized spacial score (nSPS) is 10.9. The molecule has 0 heterocycles. The minimum absolute atomic E-state index is 0.0747. The lowest BCUT2D eigenvalue weighted by molar-refractivity contribution is -0.384. The number of nitro groups is 1. The van der Waals surface area contributed by atoms with Gasteiger partial charge in [0.1, 0.15) is 10.6 Å². The largest absolute Gasteiger partial charge is 0.478 e. The molecule has 0 unspecified atom stereocenters. The first-order valence-corrected chi connectivity index (χ1v) is 7.23. The zero-order valence-corrected chi connectivity index (χ0v) is 11.7. The highest BCUT2D eigenvalue weighted by Crippen LogP contribution is 2.23. The monoisotopic (exact) mass is 323 g/mol. The Kier molecular flexibility index (Phi) is 4.08. The van der Waals surface area contributed by atoms with Crippen LogP contribution in [-0.4, -0.2) is 24.4 Å². The average molecular weight is 323 g/mol. The predicted octanol–water partition coefficient (Wildman–Crippen LogP) is 2.06. The highest BCUT2D eigenvalue weighted by Gasteiger charge is 2.18. The molecule has 9 heteroatoms. The van der Waals surface area contributed by atoms with Crippen molar-refractivity contribution < 1.29 is 27.4 Å². The van der Waals surface area contributed by atoms with Gasteiger partial charge in [-0.05, 0) is 30.3 Å². The summed E-state index contributed by atoms with van der Waals surface area (Å²) >= 11 is 0. The van der Waals surface area contributed by atoms with E-state index < -0.39 is 21.0 Å². The fourth-order valence-corrected chi connectivity index (χ4v) is 2.51. The molecular weight excluding hydrogens is 314 g/mol. The molecule has 0 atom stereocenters. The number of carboxylic acids is 1. The summed E-state index contributed by atoms with van der Waals surface area (Å²) in [4.78, 5) is 20.4. The van der Waals surface area contributed by atoms with Crippen molar-refractivity contribution in [3.05, 3.63) is 64.2 Å². The van der Waals surface area contributed by atoms with E-state index in [-0.39, 0.29) is 21.9 Å². The minimum Gasteiger partial charge on any atom is -0.478 e. The molecule has 0 aliphatic heterocycles. The molecule has 2 rings (SSSR count). The molecule has 0 aliphatic carbocycles. The molecule has 114 valence electrons. The third kappa shape index (κ3) is 3.38. The van der Waals surface area contributed by atoms with Crippen molar-refractivity contribution in [3.8, 4) is 5.75 Å². The number of aromatic carboxylic acids is 1. The number of hydrogen-bond acceptors (Lipinski definition) is 6. The Morgan fingerprint density at radius 2 is 1.77 bits per heavy atom. The number of benzene rings is 2. The molecule has 0 radical (unpaired) electrons. The van der Waals surface area contributed by atoms with Crippen LogP contribution in [0, 0.1) is 10.1 Å². The molecule has 2 aromatic carbocycles. The van der Waals surface area contributed by atoms with E-state index >= 15 is 0 Å². The van der Waals surface area contributed by atoms with Crippen LogP contribution in [0.2, 0.25) is 0 Å². The highest BCUT2D eigenvalue weighted by molar-refractivity contribution is 7.87. The number of hydrogen-bond donors (Lipinski definition) is 1. The van der Waals surface area contributed by atoms with Gasteiger partial charge < -0.3 is 9.29 Å². The van der Waals surface area contributed by atoms with Crippen LogP contribution < -0.4 is 4.18 Å². The van der Waals surface area contributed by atoms with Gasteiger partial charge in [-0.3, -0.25) is 10.1 Å². The summed E-state index contributed by atoms with van der Waals surface area (Å²) in [5, 5.41) is 19.4. The maximum Gasteiger partial charge on any atom is 0.339 e. The number of non-ortho nitro benzene ring substituents is 1. The zero-order valence-electron chi connectivity index (χ0n) is 10.9. The molecule has 8 nitrogen and oxygen atoms in total. The van der Waals surface area contributed by atoms with Crippen molar-refractivity contribution in [1.29, 1.82) is 0 Å². The van der Waals surface area contributed by atoms with E-state index in [4.69, 9.17) is 9.29 Å². The minimum atomic E-state index is -4.21. The van der Waals surface area contributed by atoms with E-state index in [2.05, 4.69) is 0 Å². The van der Waals surface area contributed by atoms with Gasteiger partial charge in [0.2, 0.25) is 0 Å². The Bertz CT molecular complexity index is 828. The maximum atomic E-state index is 12.0. The Hall–Kier alpha value is -2.94. The summed E-state index contributed by atoms with van der Waals surface area (Å²) in [5.74, 6) is -1.40. The topological polar surface area (TPSA) is 124 Å². The van der Waals surface area contributed by atoms with Crippen LogP contribution in [-0.2, 0) is 10.1 Å². The summed E-state index contributed by atoms with van der Waals surface area (Å²) in [6.45, 7) is 0. The number of nitrogens with zero attached hydrogens (tertiary/aromatic N) is 1. The molecule has 0 saturated heterocycles. The molecule has 0 aliphatic rings. The first-order valence-electron chi connectivity index (χ1n) is 5.82. The van der Waals surface area contributed by atoms with E-state index in [0.717, 1.165) is 30.3 Å². The summed E-state index contributed by atoms with van der Waals surface area (Å²) in [7, 11) is -4.21. The van der Waals surface area contributed by atoms with E-state index in [1.807, 2.05) is 0 Å². The van der Waals surface area contributed by atoms with E-state index in [0.29, 0.717) is 0 Å². The van der Waals surface area contributed by atoms with Gasteiger partial charge in [0.15, 0.2) is 0 Å².